The topological polar surface area (TPSA) is 32.3 Å². The minimum Gasteiger partial charge on any atom is -0.338 e. The lowest BCUT2D eigenvalue weighted by Gasteiger charge is -2.31. The van der Waals surface area contributed by atoms with Gasteiger partial charge in [0.15, 0.2) is 0 Å². The van der Waals surface area contributed by atoms with Gasteiger partial charge in [-0.25, -0.2) is 0 Å². The lowest BCUT2D eigenvalue weighted by atomic mass is 10.1. The van der Waals surface area contributed by atoms with E-state index < -0.39 is 0 Å². The van der Waals surface area contributed by atoms with E-state index in [-0.39, 0.29) is 5.91 Å². The van der Waals surface area contributed by atoms with Gasteiger partial charge in [-0.3, -0.25) is 4.79 Å². The average molecular weight is 252 g/mol. The van der Waals surface area contributed by atoms with Crippen LogP contribution < -0.4 is 5.32 Å². The Morgan fingerprint density at radius 1 is 1.41 bits per heavy atom. The van der Waals surface area contributed by atoms with Gasteiger partial charge in [-0.05, 0) is 45.4 Å². The van der Waals surface area contributed by atoms with Crippen molar-refractivity contribution in [1.82, 2.24) is 10.2 Å². The van der Waals surface area contributed by atoms with Crippen LogP contribution >= 0.6 is 11.3 Å². The summed E-state index contributed by atoms with van der Waals surface area (Å²) in [4.78, 5) is 16.4. The number of thiophene rings is 1. The number of amides is 1. The fourth-order valence-electron chi connectivity index (χ4n) is 2.21. The molecule has 1 N–H and O–H groups in total. The predicted octanol–water partition coefficient (Wildman–Crippen LogP) is 2.19. The zero-order valence-electron chi connectivity index (χ0n) is 10.7. The summed E-state index contributed by atoms with van der Waals surface area (Å²) in [6.45, 7) is 5.89. The van der Waals surface area contributed by atoms with Gasteiger partial charge in [0.05, 0.1) is 4.88 Å². The van der Waals surface area contributed by atoms with Gasteiger partial charge >= 0.3 is 0 Å². The zero-order valence-corrected chi connectivity index (χ0v) is 11.6. The van der Waals surface area contributed by atoms with E-state index in [0.717, 1.165) is 30.8 Å². The molecule has 0 atom stereocenters. The van der Waals surface area contributed by atoms with Crippen LogP contribution in [-0.4, -0.2) is 37.0 Å². The van der Waals surface area contributed by atoms with E-state index in [1.165, 1.54) is 10.4 Å². The van der Waals surface area contributed by atoms with Crippen LogP contribution in [0.5, 0.6) is 0 Å². The zero-order chi connectivity index (χ0) is 12.4. The highest BCUT2D eigenvalue weighted by Gasteiger charge is 2.23. The van der Waals surface area contributed by atoms with E-state index in [9.17, 15) is 4.79 Å². The summed E-state index contributed by atoms with van der Waals surface area (Å²) in [6, 6.07) is 2.60. The SMILES string of the molecule is CNC1CCN(C(=O)c2cc(C)c(C)s2)CC1. The molecule has 0 spiro atoms. The molecule has 1 aromatic rings. The standard InChI is InChI=1S/C13H20N2OS/c1-9-8-12(17-10(9)2)13(16)15-6-4-11(14-3)5-7-15/h8,11,14H,4-7H2,1-3H3. The Labute approximate surface area is 107 Å². The van der Waals surface area contributed by atoms with Crippen LogP contribution in [0.2, 0.25) is 0 Å². The van der Waals surface area contributed by atoms with Crippen molar-refractivity contribution >= 4 is 17.2 Å². The maximum absolute atomic E-state index is 12.3. The van der Waals surface area contributed by atoms with Gasteiger partial charge in [0.25, 0.3) is 5.91 Å². The van der Waals surface area contributed by atoms with E-state index >= 15 is 0 Å². The number of piperidine rings is 1. The third kappa shape index (κ3) is 2.69. The first kappa shape index (κ1) is 12.6. The molecule has 1 aliphatic heterocycles. The van der Waals surface area contributed by atoms with Crippen LogP contribution in [0.3, 0.4) is 0 Å². The van der Waals surface area contributed by atoms with Gasteiger partial charge in [0, 0.05) is 24.0 Å². The molecule has 0 unspecified atom stereocenters. The van der Waals surface area contributed by atoms with Crippen LogP contribution in [-0.2, 0) is 0 Å². The summed E-state index contributed by atoms with van der Waals surface area (Å²) in [5, 5.41) is 3.28. The molecule has 4 heteroatoms. The highest BCUT2D eigenvalue weighted by molar-refractivity contribution is 7.14. The second kappa shape index (κ2) is 5.19. The third-order valence-electron chi connectivity index (χ3n) is 3.57. The summed E-state index contributed by atoms with van der Waals surface area (Å²) in [6.07, 6.45) is 2.12. The Hall–Kier alpha value is -0.870. The number of carbonyl (C=O) groups is 1. The molecule has 1 aliphatic rings. The van der Waals surface area contributed by atoms with Crippen molar-refractivity contribution in [2.45, 2.75) is 32.7 Å². The molecule has 0 saturated carbocycles. The predicted molar refractivity (Wildman–Crippen MR) is 71.8 cm³/mol. The van der Waals surface area contributed by atoms with Crippen LogP contribution in [0.25, 0.3) is 0 Å². The summed E-state index contributed by atoms with van der Waals surface area (Å²) < 4.78 is 0. The molecule has 3 nitrogen and oxygen atoms in total. The number of likely N-dealkylation sites (tertiary alicyclic amines) is 1. The first-order valence-electron chi connectivity index (χ1n) is 6.15. The summed E-state index contributed by atoms with van der Waals surface area (Å²) in [7, 11) is 1.99. The van der Waals surface area contributed by atoms with Crippen LogP contribution in [0.4, 0.5) is 0 Å². The van der Waals surface area contributed by atoms with Gasteiger partial charge < -0.3 is 10.2 Å². The molecule has 17 heavy (non-hydrogen) atoms. The molecule has 1 fully saturated rings. The van der Waals surface area contributed by atoms with Crippen molar-refractivity contribution < 1.29 is 4.79 Å². The number of aryl methyl sites for hydroxylation is 2. The van der Waals surface area contributed by atoms with Crippen molar-refractivity contribution in [3.8, 4) is 0 Å². The molecule has 0 aromatic carbocycles. The third-order valence-corrected chi connectivity index (χ3v) is 4.71. The largest absolute Gasteiger partial charge is 0.338 e. The molecule has 2 rings (SSSR count). The number of nitrogens with one attached hydrogen (secondary N) is 1. The number of nitrogens with zero attached hydrogens (tertiary/aromatic N) is 1. The quantitative estimate of drug-likeness (QED) is 0.875. The van der Waals surface area contributed by atoms with E-state index in [4.69, 9.17) is 0 Å². The summed E-state index contributed by atoms with van der Waals surface area (Å²) in [5.41, 5.74) is 1.23. The number of carbonyl (C=O) groups excluding carboxylic acids is 1. The molecule has 0 radical (unpaired) electrons. The highest BCUT2D eigenvalue weighted by Crippen LogP contribution is 2.23. The van der Waals surface area contributed by atoms with Gasteiger partial charge in [-0.2, -0.15) is 0 Å². The minimum absolute atomic E-state index is 0.209. The molecule has 1 saturated heterocycles. The smallest absolute Gasteiger partial charge is 0.263 e. The van der Waals surface area contributed by atoms with Crippen molar-refractivity contribution in [1.29, 1.82) is 0 Å². The fourth-order valence-corrected chi connectivity index (χ4v) is 3.21. The Balaban J connectivity index is 2.01. The summed E-state index contributed by atoms with van der Waals surface area (Å²) >= 11 is 1.62. The van der Waals surface area contributed by atoms with E-state index in [0.29, 0.717) is 6.04 Å². The van der Waals surface area contributed by atoms with Crippen molar-refractivity contribution in [3.05, 3.63) is 21.4 Å². The van der Waals surface area contributed by atoms with Crippen molar-refractivity contribution in [2.75, 3.05) is 20.1 Å². The van der Waals surface area contributed by atoms with Gasteiger partial charge in [-0.1, -0.05) is 0 Å². The number of rotatable bonds is 2. The molecular formula is C13H20N2OS. The lowest BCUT2D eigenvalue weighted by molar-refractivity contribution is 0.0712. The van der Waals surface area contributed by atoms with Crippen LogP contribution in [0.1, 0.15) is 33.0 Å². The molecule has 2 heterocycles. The molecular weight excluding hydrogens is 232 g/mol. The Morgan fingerprint density at radius 3 is 2.53 bits per heavy atom. The summed E-state index contributed by atoms with van der Waals surface area (Å²) in [5.74, 6) is 0.209. The van der Waals surface area contributed by atoms with Crippen LogP contribution in [0.15, 0.2) is 6.07 Å². The van der Waals surface area contributed by atoms with Crippen molar-refractivity contribution in [2.24, 2.45) is 0 Å². The van der Waals surface area contributed by atoms with Crippen LogP contribution in [0, 0.1) is 13.8 Å². The molecule has 1 amide bonds. The molecule has 0 aliphatic carbocycles. The Morgan fingerprint density at radius 2 is 2.06 bits per heavy atom. The van der Waals surface area contributed by atoms with E-state index in [1.807, 2.05) is 18.0 Å². The first-order chi connectivity index (χ1) is 8.11. The average Bonchev–Trinajstić information content (AvgIpc) is 2.69. The maximum atomic E-state index is 12.3. The molecule has 1 aromatic heterocycles. The number of hydrogen-bond donors (Lipinski definition) is 1. The van der Waals surface area contributed by atoms with Gasteiger partial charge in [-0.15, -0.1) is 11.3 Å². The molecule has 94 valence electrons. The monoisotopic (exact) mass is 252 g/mol. The number of hydrogen-bond acceptors (Lipinski definition) is 3. The van der Waals surface area contributed by atoms with Gasteiger partial charge in [0.1, 0.15) is 0 Å². The first-order valence-corrected chi connectivity index (χ1v) is 6.97. The van der Waals surface area contributed by atoms with Crippen molar-refractivity contribution in [3.63, 3.8) is 0 Å². The normalized spacial score (nSPS) is 17.5. The van der Waals surface area contributed by atoms with E-state index in [2.05, 4.69) is 19.2 Å². The fraction of sp³-hybridized carbons (Fsp3) is 0.615. The second-order valence-corrected chi connectivity index (χ2v) is 5.96. The van der Waals surface area contributed by atoms with E-state index in [1.54, 1.807) is 11.3 Å². The lowest BCUT2D eigenvalue weighted by Crippen LogP contribution is -2.43. The van der Waals surface area contributed by atoms with Gasteiger partial charge in [0.2, 0.25) is 0 Å². The maximum Gasteiger partial charge on any atom is 0.263 e. The Kier molecular flexibility index (Phi) is 3.84. The minimum atomic E-state index is 0.209. The molecule has 0 bridgehead atoms. The highest BCUT2D eigenvalue weighted by atomic mass is 32.1. The Bertz CT molecular complexity index is 386. The second-order valence-electron chi connectivity index (χ2n) is 4.70.